The molecule has 1 amide bonds. The summed E-state index contributed by atoms with van der Waals surface area (Å²) in [4.78, 5) is 12.0. The minimum absolute atomic E-state index is 0.0754. The zero-order chi connectivity index (χ0) is 19.3. The van der Waals surface area contributed by atoms with Crippen LogP contribution in [0.3, 0.4) is 0 Å². The molecule has 26 heavy (non-hydrogen) atoms. The predicted molar refractivity (Wildman–Crippen MR) is 88.1 cm³/mol. The molecular weight excluding hydrogens is 351 g/mol. The van der Waals surface area contributed by atoms with Gasteiger partial charge in [0.25, 0.3) is 5.91 Å². The van der Waals surface area contributed by atoms with Crippen molar-refractivity contribution in [2.75, 3.05) is 13.2 Å². The summed E-state index contributed by atoms with van der Waals surface area (Å²) in [5, 5.41) is 22.0. The van der Waals surface area contributed by atoms with Crippen LogP contribution in [0.4, 0.5) is 13.2 Å². The molecule has 0 bridgehead atoms. The summed E-state index contributed by atoms with van der Waals surface area (Å²) in [7, 11) is 0. The summed E-state index contributed by atoms with van der Waals surface area (Å²) < 4.78 is 42.6. The van der Waals surface area contributed by atoms with Crippen LogP contribution in [0.1, 0.15) is 21.5 Å². The number of carbonyl (C=O) groups excluding carboxylic acids is 1. The number of carbonyl (C=O) groups is 1. The van der Waals surface area contributed by atoms with E-state index in [1.807, 2.05) is 0 Å². The minimum Gasteiger partial charge on any atom is -0.507 e. The molecule has 1 atom stereocenters. The van der Waals surface area contributed by atoms with Crippen molar-refractivity contribution in [1.29, 1.82) is 0 Å². The van der Waals surface area contributed by atoms with Crippen molar-refractivity contribution in [1.82, 2.24) is 5.32 Å². The molecule has 2 aromatic carbocycles. The number of alkyl halides is 3. The lowest BCUT2D eigenvalue weighted by Crippen LogP contribution is -2.35. The Kier molecular flexibility index (Phi) is 6.10. The van der Waals surface area contributed by atoms with Crippen molar-refractivity contribution >= 4 is 5.91 Å². The average molecular weight is 369 g/mol. The standard InChI is InChI=1S/C18H18F3NO4/c1-11-2-7-15(16(24)8-11)17(25)22-9-13(23)10-26-14-5-3-12(4-6-14)18(19,20)21/h2-8,13,23-24H,9-10H2,1H3,(H,22,25). The van der Waals surface area contributed by atoms with Crippen LogP contribution in [0.15, 0.2) is 42.5 Å². The number of halogens is 3. The summed E-state index contributed by atoms with van der Waals surface area (Å²) in [6, 6.07) is 8.63. The smallest absolute Gasteiger partial charge is 0.416 e. The first kappa shape index (κ1) is 19.6. The molecule has 0 aliphatic carbocycles. The van der Waals surface area contributed by atoms with Gasteiger partial charge in [0, 0.05) is 6.54 Å². The van der Waals surface area contributed by atoms with Crippen LogP contribution in [-0.2, 0) is 6.18 Å². The van der Waals surface area contributed by atoms with Crippen molar-refractivity contribution in [3.63, 3.8) is 0 Å². The number of aryl methyl sites for hydroxylation is 1. The lowest BCUT2D eigenvalue weighted by Gasteiger charge is -2.14. The molecule has 8 heteroatoms. The monoisotopic (exact) mass is 369 g/mol. The van der Waals surface area contributed by atoms with Crippen LogP contribution in [0.2, 0.25) is 0 Å². The van der Waals surface area contributed by atoms with Gasteiger partial charge in [-0.15, -0.1) is 0 Å². The molecule has 0 heterocycles. The number of aliphatic hydroxyl groups excluding tert-OH is 1. The zero-order valence-electron chi connectivity index (χ0n) is 13.9. The normalized spacial score (nSPS) is 12.5. The van der Waals surface area contributed by atoms with E-state index in [0.29, 0.717) is 0 Å². The largest absolute Gasteiger partial charge is 0.507 e. The third-order valence-electron chi connectivity index (χ3n) is 3.52. The maximum absolute atomic E-state index is 12.5. The van der Waals surface area contributed by atoms with Crippen molar-refractivity contribution in [2.24, 2.45) is 0 Å². The van der Waals surface area contributed by atoms with E-state index in [1.54, 1.807) is 13.0 Å². The Morgan fingerprint density at radius 3 is 2.42 bits per heavy atom. The van der Waals surface area contributed by atoms with E-state index in [2.05, 4.69) is 5.32 Å². The van der Waals surface area contributed by atoms with Crippen molar-refractivity contribution in [2.45, 2.75) is 19.2 Å². The Morgan fingerprint density at radius 1 is 1.19 bits per heavy atom. The fraction of sp³-hybridized carbons (Fsp3) is 0.278. The molecule has 0 aliphatic heterocycles. The lowest BCUT2D eigenvalue weighted by molar-refractivity contribution is -0.137. The van der Waals surface area contributed by atoms with Crippen LogP contribution in [0, 0.1) is 6.92 Å². The fourth-order valence-electron chi connectivity index (χ4n) is 2.13. The first-order valence-corrected chi connectivity index (χ1v) is 7.73. The molecule has 2 aromatic rings. The van der Waals surface area contributed by atoms with Crippen molar-refractivity contribution in [3.8, 4) is 11.5 Å². The molecule has 5 nitrogen and oxygen atoms in total. The molecule has 1 unspecified atom stereocenters. The summed E-state index contributed by atoms with van der Waals surface area (Å²) >= 11 is 0. The summed E-state index contributed by atoms with van der Waals surface area (Å²) in [6.45, 7) is 1.40. The quantitative estimate of drug-likeness (QED) is 0.732. The van der Waals surface area contributed by atoms with E-state index < -0.39 is 23.8 Å². The number of ether oxygens (including phenoxy) is 1. The fourth-order valence-corrected chi connectivity index (χ4v) is 2.13. The highest BCUT2D eigenvalue weighted by Crippen LogP contribution is 2.30. The van der Waals surface area contributed by atoms with E-state index in [0.717, 1.165) is 29.8 Å². The van der Waals surface area contributed by atoms with Crippen LogP contribution < -0.4 is 10.1 Å². The molecule has 0 aliphatic rings. The molecule has 140 valence electrons. The van der Waals surface area contributed by atoms with E-state index >= 15 is 0 Å². The van der Waals surface area contributed by atoms with Gasteiger partial charge in [-0.05, 0) is 48.9 Å². The summed E-state index contributed by atoms with van der Waals surface area (Å²) in [5.74, 6) is -0.561. The number of hydrogen-bond donors (Lipinski definition) is 3. The number of benzene rings is 2. The van der Waals surface area contributed by atoms with Crippen molar-refractivity contribution < 1.29 is 32.9 Å². The van der Waals surface area contributed by atoms with E-state index in [4.69, 9.17) is 4.74 Å². The molecular formula is C18H18F3NO4. The summed E-state index contributed by atoms with van der Waals surface area (Å²) in [6.07, 6.45) is -5.50. The third-order valence-corrected chi connectivity index (χ3v) is 3.52. The Balaban J connectivity index is 1.81. The van der Waals surface area contributed by atoms with E-state index in [1.165, 1.54) is 12.1 Å². The van der Waals surface area contributed by atoms with Gasteiger partial charge in [-0.25, -0.2) is 0 Å². The van der Waals surface area contributed by atoms with E-state index in [9.17, 15) is 28.2 Å². The molecule has 0 saturated carbocycles. The van der Waals surface area contributed by atoms with Crippen LogP contribution >= 0.6 is 0 Å². The van der Waals surface area contributed by atoms with Gasteiger partial charge < -0.3 is 20.3 Å². The number of aliphatic hydroxyl groups is 1. The van der Waals surface area contributed by atoms with Gasteiger partial charge in [0.2, 0.25) is 0 Å². The second-order valence-electron chi connectivity index (χ2n) is 5.72. The molecule has 0 fully saturated rings. The van der Waals surface area contributed by atoms with Crippen molar-refractivity contribution in [3.05, 3.63) is 59.2 Å². The number of aromatic hydroxyl groups is 1. The van der Waals surface area contributed by atoms with Gasteiger partial charge in [-0.2, -0.15) is 13.2 Å². The number of phenols is 1. The first-order valence-electron chi connectivity index (χ1n) is 7.73. The van der Waals surface area contributed by atoms with Gasteiger partial charge in [0.15, 0.2) is 0 Å². The Hall–Kier alpha value is -2.74. The predicted octanol–water partition coefficient (Wildman–Crippen LogP) is 2.89. The maximum Gasteiger partial charge on any atom is 0.416 e. The van der Waals surface area contributed by atoms with Crippen LogP contribution in [0.5, 0.6) is 11.5 Å². The highest BCUT2D eigenvalue weighted by molar-refractivity contribution is 5.96. The molecule has 0 radical (unpaired) electrons. The molecule has 2 rings (SSSR count). The maximum atomic E-state index is 12.5. The molecule has 0 aromatic heterocycles. The molecule has 3 N–H and O–H groups in total. The number of rotatable bonds is 6. The lowest BCUT2D eigenvalue weighted by atomic mass is 10.1. The Morgan fingerprint density at radius 2 is 1.85 bits per heavy atom. The van der Waals surface area contributed by atoms with Gasteiger partial charge >= 0.3 is 6.18 Å². The average Bonchev–Trinajstić information content (AvgIpc) is 2.57. The minimum atomic E-state index is -4.43. The number of amides is 1. The number of nitrogens with one attached hydrogen (secondary N) is 1. The third kappa shape index (κ3) is 5.38. The van der Waals surface area contributed by atoms with E-state index in [-0.39, 0.29) is 30.2 Å². The van der Waals surface area contributed by atoms with Crippen LogP contribution in [-0.4, -0.2) is 35.4 Å². The number of phenolic OH excluding ortho intramolecular Hbond substituents is 1. The van der Waals surface area contributed by atoms with Gasteiger partial charge in [-0.3, -0.25) is 4.79 Å². The topological polar surface area (TPSA) is 78.8 Å². The first-order chi connectivity index (χ1) is 12.2. The second kappa shape index (κ2) is 8.09. The Labute approximate surface area is 148 Å². The molecule has 0 spiro atoms. The second-order valence-corrected chi connectivity index (χ2v) is 5.72. The Bertz CT molecular complexity index is 760. The van der Waals surface area contributed by atoms with Crippen LogP contribution in [0.25, 0.3) is 0 Å². The highest BCUT2D eigenvalue weighted by atomic mass is 19.4. The van der Waals surface area contributed by atoms with Gasteiger partial charge in [0.05, 0.1) is 11.1 Å². The number of hydrogen-bond acceptors (Lipinski definition) is 4. The SMILES string of the molecule is Cc1ccc(C(=O)NCC(O)COc2ccc(C(F)(F)F)cc2)c(O)c1. The van der Waals surface area contributed by atoms with Gasteiger partial charge in [-0.1, -0.05) is 6.07 Å². The molecule has 0 saturated heterocycles. The van der Waals surface area contributed by atoms with Gasteiger partial charge in [0.1, 0.15) is 24.2 Å². The highest BCUT2D eigenvalue weighted by Gasteiger charge is 2.30. The zero-order valence-corrected chi connectivity index (χ0v) is 13.9. The summed E-state index contributed by atoms with van der Waals surface area (Å²) in [5.41, 5.74) is 0.0750.